The molecule has 1 amide bonds. The van der Waals surface area contributed by atoms with Crippen LogP contribution in [0.2, 0.25) is 0 Å². The van der Waals surface area contributed by atoms with Crippen LogP contribution in [0.15, 0.2) is 54.6 Å². The minimum absolute atomic E-state index is 0.113. The Balaban J connectivity index is 1.51. The van der Waals surface area contributed by atoms with E-state index >= 15 is 0 Å². The zero-order valence-corrected chi connectivity index (χ0v) is 15.6. The van der Waals surface area contributed by atoms with Crippen molar-refractivity contribution in [3.63, 3.8) is 0 Å². The standard InChI is InChI=1S/C22H22FNO4/c1-26-21-11-16(7-8-20(21)23)17-9-18-13-27-14-19(10-17)24(18)22(25)28-12-15-5-3-2-4-6-15/h2-9,11,18-19H,10,12-14H2,1H3. The summed E-state index contributed by atoms with van der Waals surface area (Å²) in [4.78, 5) is 14.5. The molecule has 0 saturated carbocycles. The summed E-state index contributed by atoms with van der Waals surface area (Å²) in [5.41, 5.74) is 2.90. The topological polar surface area (TPSA) is 48.0 Å². The van der Waals surface area contributed by atoms with Gasteiger partial charge in [0.25, 0.3) is 0 Å². The molecule has 0 spiro atoms. The van der Waals surface area contributed by atoms with E-state index in [2.05, 4.69) is 0 Å². The van der Waals surface area contributed by atoms with Crippen molar-refractivity contribution < 1.29 is 23.4 Å². The average molecular weight is 383 g/mol. The lowest BCUT2D eigenvalue weighted by molar-refractivity contribution is -0.0342. The number of halogens is 1. The van der Waals surface area contributed by atoms with E-state index in [1.165, 1.54) is 13.2 Å². The molecular weight excluding hydrogens is 361 g/mol. The highest BCUT2D eigenvalue weighted by atomic mass is 19.1. The fourth-order valence-corrected chi connectivity index (χ4v) is 3.75. The number of fused-ring (bicyclic) bond motifs is 2. The van der Waals surface area contributed by atoms with E-state index < -0.39 is 5.82 Å². The lowest BCUT2D eigenvalue weighted by atomic mass is 9.90. The van der Waals surface area contributed by atoms with E-state index in [9.17, 15) is 9.18 Å². The van der Waals surface area contributed by atoms with Crippen LogP contribution in [0, 0.1) is 5.82 Å². The molecule has 1 saturated heterocycles. The van der Waals surface area contributed by atoms with Crippen LogP contribution in [0.3, 0.4) is 0 Å². The van der Waals surface area contributed by atoms with Crippen LogP contribution in [0.5, 0.6) is 5.75 Å². The van der Waals surface area contributed by atoms with Gasteiger partial charge in [-0.15, -0.1) is 0 Å². The van der Waals surface area contributed by atoms with Crippen molar-refractivity contribution in [1.82, 2.24) is 4.90 Å². The summed E-state index contributed by atoms with van der Waals surface area (Å²) in [6.07, 6.45) is 2.28. The highest BCUT2D eigenvalue weighted by molar-refractivity contribution is 5.75. The summed E-state index contributed by atoms with van der Waals surface area (Å²) >= 11 is 0. The fourth-order valence-electron chi connectivity index (χ4n) is 3.75. The first-order chi connectivity index (χ1) is 13.7. The van der Waals surface area contributed by atoms with Gasteiger partial charge < -0.3 is 14.2 Å². The Morgan fingerprint density at radius 2 is 2.04 bits per heavy atom. The molecule has 0 radical (unpaired) electrons. The molecule has 2 aromatic carbocycles. The summed E-state index contributed by atoms with van der Waals surface area (Å²) in [7, 11) is 1.45. The number of methoxy groups -OCH3 is 1. The van der Waals surface area contributed by atoms with Gasteiger partial charge in [0.05, 0.1) is 32.4 Å². The first kappa shape index (κ1) is 18.5. The van der Waals surface area contributed by atoms with Crippen LogP contribution in [-0.4, -0.2) is 43.4 Å². The molecule has 0 aromatic heterocycles. The van der Waals surface area contributed by atoms with Gasteiger partial charge in [-0.3, -0.25) is 4.90 Å². The van der Waals surface area contributed by atoms with Gasteiger partial charge in [-0.25, -0.2) is 9.18 Å². The number of ether oxygens (including phenoxy) is 3. The van der Waals surface area contributed by atoms with Gasteiger partial charge in [-0.2, -0.15) is 0 Å². The predicted molar refractivity (Wildman–Crippen MR) is 102 cm³/mol. The highest BCUT2D eigenvalue weighted by Gasteiger charge is 2.39. The Kier molecular flexibility index (Phi) is 5.30. The highest BCUT2D eigenvalue weighted by Crippen LogP contribution is 2.34. The minimum atomic E-state index is -0.391. The minimum Gasteiger partial charge on any atom is -0.494 e. The number of hydrogen-bond donors (Lipinski definition) is 0. The number of carbonyl (C=O) groups excluding carboxylic acids is 1. The normalized spacial score (nSPS) is 21.1. The van der Waals surface area contributed by atoms with E-state index in [1.807, 2.05) is 36.4 Å². The van der Waals surface area contributed by atoms with Crippen molar-refractivity contribution in [2.45, 2.75) is 25.1 Å². The third kappa shape index (κ3) is 3.73. The number of benzene rings is 2. The molecule has 0 N–H and O–H groups in total. The Labute approximate surface area is 163 Å². The van der Waals surface area contributed by atoms with E-state index in [1.54, 1.807) is 17.0 Å². The quantitative estimate of drug-likeness (QED) is 0.800. The van der Waals surface area contributed by atoms with Gasteiger partial charge in [0, 0.05) is 0 Å². The third-order valence-electron chi connectivity index (χ3n) is 5.14. The molecule has 5 nitrogen and oxygen atoms in total. The smallest absolute Gasteiger partial charge is 0.411 e. The second-order valence-electron chi connectivity index (χ2n) is 6.95. The number of nitrogens with zero attached hydrogens (tertiary/aromatic N) is 1. The van der Waals surface area contributed by atoms with Crippen LogP contribution >= 0.6 is 0 Å². The first-order valence-electron chi connectivity index (χ1n) is 9.27. The molecule has 2 aliphatic rings. The summed E-state index contributed by atoms with van der Waals surface area (Å²) in [5, 5.41) is 0. The van der Waals surface area contributed by atoms with Gasteiger partial charge in [0.1, 0.15) is 6.61 Å². The van der Waals surface area contributed by atoms with Gasteiger partial charge in [-0.1, -0.05) is 42.5 Å². The number of hydrogen-bond acceptors (Lipinski definition) is 4. The molecule has 6 heteroatoms. The van der Waals surface area contributed by atoms with Crippen molar-refractivity contribution in [2.24, 2.45) is 0 Å². The van der Waals surface area contributed by atoms with E-state index in [0.717, 1.165) is 16.7 Å². The number of rotatable bonds is 4. The molecule has 2 aliphatic heterocycles. The second-order valence-corrected chi connectivity index (χ2v) is 6.95. The molecule has 28 heavy (non-hydrogen) atoms. The maximum atomic E-state index is 13.7. The molecule has 4 rings (SSSR count). The maximum absolute atomic E-state index is 13.7. The molecule has 1 fully saturated rings. The Bertz CT molecular complexity index is 883. The molecule has 2 aromatic rings. The van der Waals surface area contributed by atoms with Gasteiger partial charge >= 0.3 is 6.09 Å². The molecule has 2 heterocycles. The summed E-state index contributed by atoms with van der Waals surface area (Å²) in [5.74, 6) is -0.179. The summed E-state index contributed by atoms with van der Waals surface area (Å²) in [6, 6.07) is 14.1. The van der Waals surface area contributed by atoms with Crippen molar-refractivity contribution in [3.05, 3.63) is 71.6 Å². The first-order valence-corrected chi connectivity index (χ1v) is 9.27. The third-order valence-corrected chi connectivity index (χ3v) is 5.14. The van der Waals surface area contributed by atoms with Crippen molar-refractivity contribution in [1.29, 1.82) is 0 Å². The largest absolute Gasteiger partial charge is 0.494 e. The number of morpholine rings is 1. The molecule has 2 atom stereocenters. The van der Waals surface area contributed by atoms with Crippen molar-refractivity contribution in [2.75, 3.05) is 20.3 Å². The van der Waals surface area contributed by atoms with E-state index in [-0.39, 0.29) is 30.5 Å². The fraction of sp³-hybridized carbons (Fsp3) is 0.318. The Hall–Kier alpha value is -2.86. The zero-order valence-electron chi connectivity index (χ0n) is 15.6. The van der Waals surface area contributed by atoms with E-state index in [0.29, 0.717) is 19.6 Å². The second kappa shape index (κ2) is 8.02. The predicted octanol–water partition coefficient (Wildman–Crippen LogP) is 4.03. The number of amides is 1. The van der Waals surface area contributed by atoms with Crippen molar-refractivity contribution >= 4 is 11.7 Å². The van der Waals surface area contributed by atoms with Gasteiger partial charge in [-0.05, 0) is 35.3 Å². The number of carbonyl (C=O) groups is 1. The van der Waals surface area contributed by atoms with Gasteiger partial charge in [0.2, 0.25) is 0 Å². The van der Waals surface area contributed by atoms with Gasteiger partial charge in [0.15, 0.2) is 11.6 Å². The van der Waals surface area contributed by atoms with E-state index in [4.69, 9.17) is 14.2 Å². The monoisotopic (exact) mass is 383 g/mol. The zero-order chi connectivity index (χ0) is 19.5. The maximum Gasteiger partial charge on any atom is 0.411 e. The lowest BCUT2D eigenvalue weighted by Crippen LogP contribution is -2.56. The molecular formula is C22H22FNO4. The molecule has 0 aliphatic carbocycles. The van der Waals surface area contributed by atoms with Crippen LogP contribution < -0.4 is 4.74 Å². The Morgan fingerprint density at radius 1 is 1.21 bits per heavy atom. The lowest BCUT2D eigenvalue weighted by Gasteiger charge is -2.43. The van der Waals surface area contributed by atoms with Crippen LogP contribution in [0.1, 0.15) is 17.5 Å². The van der Waals surface area contributed by atoms with Crippen LogP contribution in [0.25, 0.3) is 5.57 Å². The molecule has 2 unspecified atom stereocenters. The SMILES string of the molecule is COc1cc(C2=CC3COCC(C2)N3C(=O)OCc2ccccc2)ccc1F. The van der Waals surface area contributed by atoms with Crippen LogP contribution in [-0.2, 0) is 16.1 Å². The molecule has 2 bridgehead atoms. The van der Waals surface area contributed by atoms with Crippen LogP contribution in [0.4, 0.5) is 9.18 Å². The van der Waals surface area contributed by atoms with Crippen molar-refractivity contribution in [3.8, 4) is 5.75 Å². The molecule has 146 valence electrons. The summed E-state index contributed by atoms with van der Waals surface area (Å²) in [6.45, 7) is 1.10. The average Bonchev–Trinajstić information content (AvgIpc) is 2.72. The summed E-state index contributed by atoms with van der Waals surface area (Å²) < 4.78 is 30.0. The Morgan fingerprint density at radius 3 is 2.79 bits per heavy atom.